The van der Waals surface area contributed by atoms with E-state index in [1.165, 1.54) is 5.39 Å². The molecule has 0 aliphatic rings. The van der Waals surface area contributed by atoms with Gasteiger partial charge in [0.2, 0.25) is 0 Å². The van der Waals surface area contributed by atoms with Crippen molar-refractivity contribution in [3.8, 4) is 0 Å². The average molecular weight is 264 g/mol. The predicted molar refractivity (Wildman–Crippen MR) is 82.2 cm³/mol. The summed E-state index contributed by atoms with van der Waals surface area (Å²) in [4.78, 5) is 16.2. The zero-order valence-electron chi connectivity index (χ0n) is 11.7. The van der Waals surface area contributed by atoms with Gasteiger partial charge in [0.15, 0.2) is 5.78 Å². The molecule has 20 heavy (non-hydrogen) atoms. The number of benzene rings is 1. The van der Waals surface area contributed by atoms with Crippen molar-refractivity contribution in [2.75, 3.05) is 0 Å². The standard InChI is InChI=1S/C17H16N2O/c1-4-9-19-15-8-6-5-7-13(15)16-11(2)10-14(12(3)20)18-17(16)19/h4-8,10H,1,9H2,2-3H3. The normalized spacial score (nSPS) is 11.1. The van der Waals surface area contributed by atoms with Crippen LogP contribution < -0.4 is 0 Å². The smallest absolute Gasteiger partial charge is 0.178 e. The van der Waals surface area contributed by atoms with Crippen molar-refractivity contribution in [3.05, 3.63) is 54.2 Å². The van der Waals surface area contributed by atoms with Crippen LogP contribution in [0.25, 0.3) is 21.9 Å². The van der Waals surface area contributed by atoms with Gasteiger partial charge in [-0.15, -0.1) is 6.58 Å². The molecule has 0 N–H and O–H groups in total. The molecule has 3 heteroatoms. The van der Waals surface area contributed by atoms with Gasteiger partial charge in [0.1, 0.15) is 11.3 Å². The average Bonchev–Trinajstić information content (AvgIpc) is 2.74. The summed E-state index contributed by atoms with van der Waals surface area (Å²) in [6, 6.07) is 10.1. The molecule has 2 heterocycles. The highest BCUT2D eigenvalue weighted by Gasteiger charge is 2.15. The predicted octanol–water partition coefficient (Wildman–Crippen LogP) is 3.89. The summed E-state index contributed by atoms with van der Waals surface area (Å²) in [6.07, 6.45) is 1.85. The first-order valence-electron chi connectivity index (χ1n) is 6.64. The third-order valence-electron chi connectivity index (χ3n) is 3.59. The summed E-state index contributed by atoms with van der Waals surface area (Å²) < 4.78 is 2.11. The topological polar surface area (TPSA) is 34.9 Å². The monoisotopic (exact) mass is 264 g/mol. The summed E-state index contributed by atoms with van der Waals surface area (Å²) in [6.45, 7) is 8.07. The van der Waals surface area contributed by atoms with Gasteiger partial charge in [-0.05, 0) is 24.6 Å². The summed E-state index contributed by atoms with van der Waals surface area (Å²) in [5.41, 5.74) is 3.58. The maximum absolute atomic E-state index is 11.6. The van der Waals surface area contributed by atoms with Crippen LogP contribution in [0.15, 0.2) is 43.0 Å². The second-order valence-electron chi connectivity index (χ2n) is 5.00. The van der Waals surface area contributed by atoms with E-state index in [1.54, 1.807) is 6.92 Å². The molecule has 0 spiro atoms. The van der Waals surface area contributed by atoms with E-state index in [9.17, 15) is 4.79 Å². The molecule has 0 unspecified atom stereocenters. The zero-order valence-corrected chi connectivity index (χ0v) is 11.7. The Morgan fingerprint density at radius 2 is 2.15 bits per heavy atom. The Morgan fingerprint density at radius 1 is 1.40 bits per heavy atom. The Morgan fingerprint density at radius 3 is 2.85 bits per heavy atom. The van der Waals surface area contributed by atoms with E-state index >= 15 is 0 Å². The molecular weight excluding hydrogens is 248 g/mol. The van der Waals surface area contributed by atoms with E-state index in [0.29, 0.717) is 12.2 Å². The number of fused-ring (bicyclic) bond motifs is 3. The minimum atomic E-state index is -0.00888. The lowest BCUT2D eigenvalue weighted by Gasteiger charge is -2.04. The number of hydrogen-bond acceptors (Lipinski definition) is 2. The second kappa shape index (κ2) is 4.60. The van der Waals surface area contributed by atoms with Crippen LogP contribution in [0.2, 0.25) is 0 Å². The second-order valence-corrected chi connectivity index (χ2v) is 5.00. The third-order valence-corrected chi connectivity index (χ3v) is 3.59. The molecule has 0 amide bonds. The van der Waals surface area contributed by atoms with Crippen LogP contribution in [0.1, 0.15) is 23.0 Å². The zero-order chi connectivity index (χ0) is 14.3. The third kappa shape index (κ3) is 1.74. The molecule has 1 aromatic carbocycles. The van der Waals surface area contributed by atoms with Gasteiger partial charge in [0.25, 0.3) is 0 Å². The maximum Gasteiger partial charge on any atom is 0.178 e. The molecule has 100 valence electrons. The van der Waals surface area contributed by atoms with Crippen molar-refractivity contribution in [1.29, 1.82) is 0 Å². The number of hydrogen-bond donors (Lipinski definition) is 0. The number of ketones is 1. The Kier molecular flexibility index (Phi) is 2.90. The minimum Gasteiger partial charge on any atom is -0.321 e. The van der Waals surface area contributed by atoms with Gasteiger partial charge in [-0.1, -0.05) is 24.3 Å². The van der Waals surface area contributed by atoms with Crippen molar-refractivity contribution in [1.82, 2.24) is 9.55 Å². The molecule has 0 bridgehead atoms. The molecule has 0 saturated heterocycles. The fraction of sp³-hybridized carbons (Fsp3) is 0.176. The first kappa shape index (κ1) is 12.6. The lowest BCUT2D eigenvalue weighted by Crippen LogP contribution is -2.02. The van der Waals surface area contributed by atoms with Crippen LogP contribution in [0, 0.1) is 6.92 Å². The lowest BCUT2D eigenvalue weighted by atomic mass is 10.1. The Bertz CT molecular complexity index is 843. The molecule has 0 radical (unpaired) electrons. The van der Waals surface area contributed by atoms with Gasteiger partial charge >= 0.3 is 0 Å². The summed E-state index contributed by atoms with van der Waals surface area (Å²) >= 11 is 0. The van der Waals surface area contributed by atoms with Crippen molar-refractivity contribution < 1.29 is 4.79 Å². The number of para-hydroxylation sites is 1. The van der Waals surface area contributed by atoms with E-state index in [2.05, 4.69) is 28.3 Å². The molecule has 3 aromatic rings. The Labute approximate surface area is 117 Å². The fourth-order valence-electron chi connectivity index (χ4n) is 2.71. The summed E-state index contributed by atoms with van der Waals surface area (Å²) in [5.74, 6) is -0.00888. The van der Waals surface area contributed by atoms with Crippen molar-refractivity contribution in [2.45, 2.75) is 20.4 Å². The Balaban J connectivity index is 2.52. The SMILES string of the molecule is C=CCn1c2ccccc2c2c(C)cc(C(C)=O)nc21. The number of carbonyl (C=O) groups excluding carboxylic acids is 1. The number of allylic oxidation sites excluding steroid dienone is 1. The highest BCUT2D eigenvalue weighted by atomic mass is 16.1. The van der Waals surface area contributed by atoms with Gasteiger partial charge in [0.05, 0.1) is 5.52 Å². The molecule has 0 fully saturated rings. The fourth-order valence-corrected chi connectivity index (χ4v) is 2.71. The number of pyridine rings is 1. The highest BCUT2D eigenvalue weighted by Crippen LogP contribution is 2.30. The number of carbonyl (C=O) groups is 1. The van der Waals surface area contributed by atoms with E-state index in [-0.39, 0.29) is 5.78 Å². The summed E-state index contributed by atoms with van der Waals surface area (Å²) in [5, 5.41) is 2.29. The van der Waals surface area contributed by atoms with Gasteiger partial charge in [-0.2, -0.15) is 0 Å². The molecular formula is C17H16N2O. The van der Waals surface area contributed by atoms with Gasteiger partial charge in [0, 0.05) is 24.2 Å². The first-order chi connectivity index (χ1) is 9.63. The molecule has 0 saturated carbocycles. The van der Waals surface area contributed by atoms with Gasteiger partial charge in [-0.25, -0.2) is 4.98 Å². The van der Waals surface area contributed by atoms with Gasteiger partial charge < -0.3 is 4.57 Å². The van der Waals surface area contributed by atoms with Crippen LogP contribution in [-0.4, -0.2) is 15.3 Å². The van der Waals surface area contributed by atoms with Crippen LogP contribution in [-0.2, 0) is 6.54 Å². The quantitative estimate of drug-likeness (QED) is 0.531. The summed E-state index contributed by atoms with van der Waals surface area (Å²) in [7, 11) is 0. The Hall–Kier alpha value is -2.42. The number of nitrogens with zero attached hydrogens (tertiary/aromatic N) is 2. The number of Topliss-reactive ketones (excluding diaryl/α,β-unsaturated/α-hetero) is 1. The largest absolute Gasteiger partial charge is 0.321 e. The minimum absolute atomic E-state index is 0.00888. The molecule has 2 aromatic heterocycles. The molecule has 0 atom stereocenters. The molecule has 0 aliphatic heterocycles. The van der Waals surface area contributed by atoms with Crippen molar-refractivity contribution in [2.24, 2.45) is 0 Å². The number of aryl methyl sites for hydroxylation is 1. The van der Waals surface area contributed by atoms with E-state index in [1.807, 2.05) is 31.2 Å². The van der Waals surface area contributed by atoms with Crippen LogP contribution in [0.4, 0.5) is 0 Å². The van der Waals surface area contributed by atoms with Crippen molar-refractivity contribution in [3.63, 3.8) is 0 Å². The first-order valence-corrected chi connectivity index (χ1v) is 6.64. The van der Waals surface area contributed by atoms with Gasteiger partial charge in [-0.3, -0.25) is 4.79 Å². The maximum atomic E-state index is 11.6. The van der Waals surface area contributed by atoms with Crippen LogP contribution in [0.3, 0.4) is 0 Å². The molecule has 0 aliphatic carbocycles. The number of aromatic nitrogens is 2. The number of rotatable bonds is 3. The molecule has 3 rings (SSSR count). The van der Waals surface area contributed by atoms with E-state index in [0.717, 1.165) is 22.1 Å². The lowest BCUT2D eigenvalue weighted by molar-refractivity contribution is 0.101. The van der Waals surface area contributed by atoms with Crippen LogP contribution >= 0.6 is 0 Å². The highest BCUT2D eigenvalue weighted by molar-refractivity contribution is 6.09. The van der Waals surface area contributed by atoms with E-state index in [4.69, 9.17) is 0 Å². The van der Waals surface area contributed by atoms with E-state index < -0.39 is 0 Å². The molecule has 3 nitrogen and oxygen atoms in total. The van der Waals surface area contributed by atoms with Crippen LogP contribution in [0.5, 0.6) is 0 Å². The van der Waals surface area contributed by atoms with Crippen molar-refractivity contribution >= 4 is 27.7 Å².